The molecule has 1 N–H and O–H groups in total. The van der Waals surface area contributed by atoms with Crippen LogP contribution in [0.3, 0.4) is 0 Å². The summed E-state index contributed by atoms with van der Waals surface area (Å²) in [6.45, 7) is 4.69. The lowest BCUT2D eigenvalue weighted by molar-refractivity contribution is 0.0921. The number of rotatable bonds is 4. The van der Waals surface area contributed by atoms with Crippen LogP contribution in [0.5, 0.6) is 0 Å². The Labute approximate surface area is 89.4 Å². The van der Waals surface area contributed by atoms with E-state index >= 15 is 0 Å². The zero-order chi connectivity index (χ0) is 12.1. The fourth-order valence-corrected chi connectivity index (χ4v) is 0.931. The standard InChI is InChI=1S/C11H13N2O2/c1-8(9(5-12)6-13)4-10(15)11(2,3)7-14/h10,15H,4H2,1-3H3. The van der Waals surface area contributed by atoms with Crippen LogP contribution in [0.4, 0.5) is 0 Å². The molecule has 0 rings (SSSR count). The van der Waals surface area contributed by atoms with Crippen molar-refractivity contribution in [3.8, 4) is 12.1 Å². The fraction of sp³-hybridized carbons (Fsp3) is 0.545. The Morgan fingerprint density at radius 1 is 1.40 bits per heavy atom. The summed E-state index contributed by atoms with van der Waals surface area (Å²) in [7, 11) is 0. The van der Waals surface area contributed by atoms with Gasteiger partial charge >= 0.3 is 0 Å². The number of aliphatic hydroxyl groups excluding tert-OH is 1. The number of allylic oxidation sites excluding steroid dienone is 1. The molecular weight excluding hydrogens is 192 g/mol. The van der Waals surface area contributed by atoms with Gasteiger partial charge < -0.3 is 5.11 Å². The Bertz CT molecular complexity index is 340. The second kappa shape index (κ2) is 5.29. The minimum absolute atomic E-state index is 0.0178. The number of aliphatic hydroxyl groups is 1. The molecule has 15 heavy (non-hydrogen) atoms. The van der Waals surface area contributed by atoms with Gasteiger partial charge in [0.15, 0.2) is 0 Å². The van der Waals surface area contributed by atoms with Gasteiger partial charge in [-0.1, -0.05) is 0 Å². The molecule has 79 valence electrons. The molecule has 1 unspecified atom stereocenters. The van der Waals surface area contributed by atoms with Crippen LogP contribution >= 0.6 is 0 Å². The van der Waals surface area contributed by atoms with Gasteiger partial charge in [-0.05, 0) is 32.8 Å². The van der Waals surface area contributed by atoms with Gasteiger partial charge in [0.05, 0.1) is 11.5 Å². The highest BCUT2D eigenvalue weighted by atomic mass is 16.3. The van der Waals surface area contributed by atoms with Crippen molar-refractivity contribution in [3.63, 3.8) is 0 Å². The largest absolute Gasteiger partial charge is 0.392 e. The van der Waals surface area contributed by atoms with E-state index in [1.54, 1.807) is 39.2 Å². The van der Waals surface area contributed by atoms with Crippen LogP contribution in [0.2, 0.25) is 0 Å². The maximum atomic E-state index is 10.5. The highest BCUT2D eigenvalue weighted by Crippen LogP contribution is 2.23. The van der Waals surface area contributed by atoms with Gasteiger partial charge in [0.1, 0.15) is 17.7 Å². The average molecular weight is 205 g/mol. The van der Waals surface area contributed by atoms with E-state index in [0.29, 0.717) is 5.57 Å². The van der Waals surface area contributed by atoms with Crippen molar-refractivity contribution in [1.82, 2.24) is 0 Å². The Balaban J connectivity index is 4.80. The van der Waals surface area contributed by atoms with E-state index in [4.69, 9.17) is 10.5 Å². The lowest BCUT2D eigenvalue weighted by atomic mass is 9.84. The number of carbonyl (C=O) groups excluding carboxylic acids is 1. The summed E-state index contributed by atoms with van der Waals surface area (Å²) in [5.74, 6) is 0. The Morgan fingerprint density at radius 3 is 2.20 bits per heavy atom. The van der Waals surface area contributed by atoms with Crippen molar-refractivity contribution in [2.75, 3.05) is 0 Å². The zero-order valence-corrected chi connectivity index (χ0v) is 9.03. The summed E-state index contributed by atoms with van der Waals surface area (Å²) in [5, 5.41) is 26.8. The van der Waals surface area contributed by atoms with Crippen LogP contribution in [-0.2, 0) is 4.79 Å². The molecule has 0 aliphatic rings. The second-order valence-electron chi connectivity index (χ2n) is 3.92. The average Bonchev–Trinajstić information content (AvgIpc) is 2.19. The van der Waals surface area contributed by atoms with Crippen LogP contribution in [0.25, 0.3) is 0 Å². The fourth-order valence-electron chi connectivity index (χ4n) is 0.931. The monoisotopic (exact) mass is 205 g/mol. The van der Waals surface area contributed by atoms with E-state index in [-0.39, 0.29) is 12.0 Å². The molecule has 0 saturated heterocycles. The Morgan fingerprint density at radius 2 is 1.87 bits per heavy atom. The summed E-state index contributed by atoms with van der Waals surface area (Å²) in [5.41, 5.74) is -0.524. The van der Waals surface area contributed by atoms with Crippen molar-refractivity contribution in [3.05, 3.63) is 11.1 Å². The summed E-state index contributed by atoms with van der Waals surface area (Å²) in [4.78, 5) is 10.5. The van der Waals surface area contributed by atoms with E-state index in [1.807, 2.05) is 0 Å². The number of nitriles is 2. The third-order valence-electron chi connectivity index (χ3n) is 2.25. The number of hydrogen-bond donors (Lipinski definition) is 1. The van der Waals surface area contributed by atoms with Crippen LogP contribution in [0.1, 0.15) is 27.2 Å². The maximum absolute atomic E-state index is 10.5. The van der Waals surface area contributed by atoms with Crippen LogP contribution in [0, 0.1) is 28.1 Å². The first kappa shape index (κ1) is 13.4. The molecule has 0 saturated carbocycles. The lowest BCUT2D eigenvalue weighted by Gasteiger charge is -2.23. The van der Waals surface area contributed by atoms with E-state index in [1.165, 1.54) is 0 Å². The predicted molar refractivity (Wildman–Crippen MR) is 54.0 cm³/mol. The van der Waals surface area contributed by atoms with E-state index < -0.39 is 11.5 Å². The molecule has 4 heteroatoms. The molecule has 0 aliphatic carbocycles. The SMILES string of the molecule is CC(CC(O)C(C)(C)[C]=O)=C(C#N)C#N. The van der Waals surface area contributed by atoms with Gasteiger partial charge in [-0.25, -0.2) is 0 Å². The van der Waals surface area contributed by atoms with Crippen molar-refractivity contribution >= 4 is 6.29 Å². The Hall–Kier alpha value is -1.65. The van der Waals surface area contributed by atoms with Gasteiger partial charge in [-0.2, -0.15) is 10.5 Å². The molecular formula is C11H13N2O2. The van der Waals surface area contributed by atoms with Crippen molar-refractivity contribution in [2.45, 2.75) is 33.3 Å². The molecule has 4 nitrogen and oxygen atoms in total. The van der Waals surface area contributed by atoms with Gasteiger partial charge in [0.25, 0.3) is 0 Å². The van der Waals surface area contributed by atoms with Gasteiger partial charge in [-0.15, -0.1) is 0 Å². The molecule has 0 aliphatic heterocycles. The van der Waals surface area contributed by atoms with Gasteiger partial charge in [-0.3, -0.25) is 4.79 Å². The minimum Gasteiger partial charge on any atom is -0.392 e. The topological polar surface area (TPSA) is 84.9 Å². The molecule has 0 bridgehead atoms. The van der Waals surface area contributed by atoms with E-state index in [9.17, 15) is 9.90 Å². The molecule has 0 fully saturated rings. The molecule has 0 aromatic rings. The number of nitrogens with zero attached hydrogens (tertiary/aromatic N) is 2. The Kier molecular flexibility index (Phi) is 4.70. The molecule has 1 radical (unpaired) electrons. The quantitative estimate of drug-likeness (QED) is 0.699. The first-order valence-corrected chi connectivity index (χ1v) is 4.46. The summed E-state index contributed by atoms with van der Waals surface area (Å²) in [6.07, 6.45) is 0.918. The molecule has 1 atom stereocenters. The van der Waals surface area contributed by atoms with Crippen molar-refractivity contribution < 1.29 is 9.90 Å². The zero-order valence-electron chi connectivity index (χ0n) is 9.03. The minimum atomic E-state index is -0.989. The van der Waals surface area contributed by atoms with E-state index in [2.05, 4.69) is 0 Å². The summed E-state index contributed by atoms with van der Waals surface area (Å²) in [6, 6.07) is 3.47. The molecule has 0 aromatic heterocycles. The third-order valence-corrected chi connectivity index (χ3v) is 2.25. The van der Waals surface area contributed by atoms with Gasteiger partial charge in [0, 0.05) is 0 Å². The second-order valence-corrected chi connectivity index (χ2v) is 3.92. The first-order valence-electron chi connectivity index (χ1n) is 4.46. The molecule has 0 amide bonds. The first-order chi connectivity index (χ1) is 6.88. The van der Waals surface area contributed by atoms with Crippen LogP contribution in [-0.4, -0.2) is 17.5 Å². The van der Waals surface area contributed by atoms with Crippen LogP contribution < -0.4 is 0 Å². The highest BCUT2D eigenvalue weighted by molar-refractivity contribution is 5.60. The lowest BCUT2D eigenvalue weighted by Crippen LogP contribution is -2.30. The van der Waals surface area contributed by atoms with Crippen molar-refractivity contribution in [2.24, 2.45) is 5.41 Å². The van der Waals surface area contributed by atoms with Crippen LogP contribution in [0.15, 0.2) is 11.1 Å². The maximum Gasteiger partial charge on any atom is 0.207 e. The molecule has 0 heterocycles. The normalized spacial score (nSPS) is 12.1. The molecule has 0 aromatic carbocycles. The summed E-state index contributed by atoms with van der Waals surface area (Å²) < 4.78 is 0. The van der Waals surface area contributed by atoms with E-state index in [0.717, 1.165) is 0 Å². The number of hydrogen-bond acceptors (Lipinski definition) is 4. The van der Waals surface area contributed by atoms with Gasteiger partial charge in [0.2, 0.25) is 6.29 Å². The third kappa shape index (κ3) is 3.53. The highest BCUT2D eigenvalue weighted by Gasteiger charge is 2.28. The smallest absolute Gasteiger partial charge is 0.207 e. The predicted octanol–water partition coefficient (Wildman–Crippen LogP) is 1.24. The molecule has 0 spiro atoms. The summed E-state index contributed by atoms with van der Waals surface area (Å²) >= 11 is 0. The van der Waals surface area contributed by atoms with Crippen molar-refractivity contribution in [1.29, 1.82) is 10.5 Å².